The van der Waals surface area contributed by atoms with Crippen molar-refractivity contribution in [1.82, 2.24) is 5.32 Å². The smallest absolute Gasteiger partial charge is 0.0306 e. The third-order valence-corrected chi connectivity index (χ3v) is 3.94. The Kier molecular flexibility index (Phi) is 3.13. The number of nitrogens with one attached hydrogen (secondary N) is 1. The standard InChI is InChI=1S/C12H24N2/c1-10-3-2-6-12(7-10,9-13)14-8-11-4-5-11/h10-11,14H,2-9,13H2,1H3. The molecule has 2 nitrogen and oxygen atoms in total. The molecule has 2 aliphatic carbocycles. The third-order valence-electron chi connectivity index (χ3n) is 3.94. The van der Waals surface area contributed by atoms with Gasteiger partial charge in [0.2, 0.25) is 0 Å². The van der Waals surface area contributed by atoms with Crippen LogP contribution in [0.1, 0.15) is 45.4 Å². The van der Waals surface area contributed by atoms with Gasteiger partial charge in [0.05, 0.1) is 0 Å². The van der Waals surface area contributed by atoms with Crippen molar-refractivity contribution in [1.29, 1.82) is 0 Å². The lowest BCUT2D eigenvalue weighted by atomic mass is 9.76. The van der Waals surface area contributed by atoms with E-state index in [4.69, 9.17) is 5.73 Å². The maximum absolute atomic E-state index is 5.94. The van der Waals surface area contributed by atoms with E-state index in [0.717, 1.165) is 18.4 Å². The minimum Gasteiger partial charge on any atom is -0.329 e. The summed E-state index contributed by atoms with van der Waals surface area (Å²) in [6.07, 6.45) is 8.20. The molecule has 2 rings (SSSR count). The summed E-state index contributed by atoms with van der Waals surface area (Å²) in [5, 5.41) is 3.75. The molecule has 0 heterocycles. The Morgan fingerprint density at radius 1 is 1.36 bits per heavy atom. The van der Waals surface area contributed by atoms with Crippen molar-refractivity contribution in [3.05, 3.63) is 0 Å². The molecule has 14 heavy (non-hydrogen) atoms. The van der Waals surface area contributed by atoms with Gasteiger partial charge in [-0.25, -0.2) is 0 Å². The Morgan fingerprint density at radius 3 is 2.71 bits per heavy atom. The molecule has 2 aliphatic rings. The van der Waals surface area contributed by atoms with Gasteiger partial charge in [0, 0.05) is 12.1 Å². The number of hydrogen-bond acceptors (Lipinski definition) is 2. The van der Waals surface area contributed by atoms with Gasteiger partial charge in [0.1, 0.15) is 0 Å². The Labute approximate surface area is 87.6 Å². The molecule has 2 heteroatoms. The highest BCUT2D eigenvalue weighted by molar-refractivity contribution is 4.95. The van der Waals surface area contributed by atoms with Crippen molar-refractivity contribution in [2.45, 2.75) is 51.0 Å². The zero-order valence-corrected chi connectivity index (χ0v) is 9.39. The minimum absolute atomic E-state index is 0.292. The van der Waals surface area contributed by atoms with Crippen LogP contribution in [0.25, 0.3) is 0 Å². The van der Waals surface area contributed by atoms with Crippen molar-refractivity contribution in [3.63, 3.8) is 0 Å². The van der Waals surface area contributed by atoms with Crippen LogP contribution in [0.3, 0.4) is 0 Å². The summed E-state index contributed by atoms with van der Waals surface area (Å²) in [6.45, 7) is 4.40. The molecule has 0 aliphatic heterocycles. The van der Waals surface area contributed by atoms with Crippen LogP contribution in [-0.2, 0) is 0 Å². The quantitative estimate of drug-likeness (QED) is 0.720. The second-order valence-electron chi connectivity index (χ2n) is 5.51. The van der Waals surface area contributed by atoms with Gasteiger partial charge in [-0.2, -0.15) is 0 Å². The second-order valence-corrected chi connectivity index (χ2v) is 5.51. The van der Waals surface area contributed by atoms with E-state index in [1.54, 1.807) is 0 Å². The molecule has 2 fully saturated rings. The summed E-state index contributed by atoms with van der Waals surface area (Å²) in [6, 6.07) is 0. The van der Waals surface area contributed by atoms with E-state index in [9.17, 15) is 0 Å². The van der Waals surface area contributed by atoms with Crippen LogP contribution >= 0.6 is 0 Å². The van der Waals surface area contributed by atoms with Crippen LogP contribution in [-0.4, -0.2) is 18.6 Å². The monoisotopic (exact) mass is 196 g/mol. The fourth-order valence-electron chi connectivity index (χ4n) is 2.76. The molecule has 2 unspecified atom stereocenters. The van der Waals surface area contributed by atoms with E-state index in [0.29, 0.717) is 5.54 Å². The van der Waals surface area contributed by atoms with Crippen LogP contribution in [0.15, 0.2) is 0 Å². The molecule has 0 aromatic rings. The van der Waals surface area contributed by atoms with E-state index in [1.807, 2.05) is 0 Å². The first-order valence-electron chi connectivity index (χ1n) is 6.19. The summed E-state index contributed by atoms with van der Waals surface area (Å²) in [4.78, 5) is 0. The SMILES string of the molecule is CC1CCCC(CN)(NCC2CC2)C1. The van der Waals surface area contributed by atoms with E-state index < -0.39 is 0 Å². The lowest BCUT2D eigenvalue weighted by molar-refractivity contribution is 0.192. The van der Waals surface area contributed by atoms with Crippen LogP contribution in [0.4, 0.5) is 0 Å². The molecule has 0 aromatic carbocycles. The molecule has 0 spiro atoms. The maximum Gasteiger partial charge on any atom is 0.0306 e. The molecule has 0 radical (unpaired) electrons. The van der Waals surface area contributed by atoms with E-state index in [-0.39, 0.29) is 0 Å². The molecule has 3 N–H and O–H groups in total. The van der Waals surface area contributed by atoms with Crippen molar-refractivity contribution >= 4 is 0 Å². The summed E-state index contributed by atoms with van der Waals surface area (Å²) in [5.74, 6) is 1.83. The largest absolute Gasteiger partial charge is 0.329 e. The Balaban J connectivity index is 1.85. The van der Waals surface area contributed by atoms with Crippen molar-refractivity contribution < 1.29 is 0 Å². The van der Waals surface area contributed by atoms with Crippen LogP contribution in [0, 0.1) is 11.8 Å². The fraction of sp³-hybridized carbons (Fsp3) is 1.00. The summed E-state index contributed by atoms with van der Waals surface area (Å²) in [7, 11) is 0. The van der Waals surface area contributed by atoms with E-state index >= 15 is 0 Å². The molecule has 0 bridgehead atoms. The number of hydrogen-bond donors (Lipinski definition) is 2. The van der Waals surface area contributed by atoms with E-state index in [2.05, 4.69) is 12.2 Å². The van der Waals surface area contributed by atoms with Crippen molar-refractivity contribution in [2.75, 3.05) is 13.1 Å². The normalized spacial score (nSPS) is 38.6. The predicted octanol–water partition coefficient (Wildman–Crippen LogP) is 1.89. The fourth-order valence-corrected chi connectivity index (χ4v) is 2.76. The van der Waals surface area contributed by atoms with Crippen LogP contribution in [0.5, 0.6) is 0 Å². The van der Waals surface area contributed by atoms with E-state index in [1.165, 1.54) is 45.1 Å². The molecule has 2 saturated carbocycles. The first-order chi connectivity index (χ1) is 6.74. The van der Waals surface area contributed by atoms with Gasteiger partial charge in [0.15, 0.2) is 0 Å². The highest BCUT2D eigenvalue weighted by Crippen LogP contribution is 2.34. The van der Waals surface area contributed by atoms with Gasteiger partial charge < -0.3 is 11.1 Å². The highest BCUT2D eigenvalue weighted by Gasteiger charge is 2.34. The topological polar surface area (TPSA) is 38.0 Å². The van der Waals surface area contributed by atoms with Gasteiger partial charge in [-0.05, 0) is 44.1 Å². The predicted molar refractivity (Wildman–Crippen MR) is 60.1 cm³/mol. The third kappa shape index (κ3) is 2.48. The van der Waals surface area contributed by atoms with Gasteiger partial charge >= 0.3 is 0 Å². The first-order valence-corrected chi connectivity index (χ1v) is 6.19. The molecule has 2 atom stereocenters. The summed E-state index contributed by atoms with van der Waals surface area (Å²) < 4.78 is 0. The van der Waals surface area contributed by atoms with Crippen molar-refractivity contribution in [2.24, 2.45) is 17.6 Å². The maximum atomic E-state index is 5.94. The zero-order valence-electron chi connectivity index (χ0n) is 9.39. The Hall–Kier alpha value is -0.0800. The van der Waals surface area contributed by atoms with Crippen LogP contribution < -0.4 is 11.1 Å². The molecule has 0 aromatic heterocycles. The highest BCUT2D eigenvalue weighted by atomic mass is 15.0. The summed E-state index contributed by atoms with van der Waals surface area (Å²) >= 11 is 0. The Bertz CT molecular complexity index is 189. The number of nitrogens with two attached hydrogens (primary N) is 1. The van der Waals surface area contributed by atoms with Crippen LogP contribution in [0.2, 0.25) is 0 Å². The van der Waals surface area contributed by atoms with Gasteiger partial charge in [-0.3, -0.25) is 0 Å². The van der Waals surface area contributed by atoms with Gasteiger partial charge in [-0.15, -0.1) is 0 Å². The second kappa shape index (κ2) is 4.19. The first kappa shape index (κ1) is 10.4. The van der Waals surface area contributed by atoms with Crippen molar-refractivity contribution in [3.8, 4) is 0 Å². The zero-order chi connectivity index (χ0) is 10.0. The average molecular weight is 196 g/mol. The van der Waals surface area contributed by atoms with Gasteiger partial charge in [-0.1, -0.05) is 19.8 Å². The molecule has 0 saturated heterocycles. The lowest BCUT2D eigenvalue weighted by Gasteiger charge is -2.40. The minimum atomic E-state index is 0.292. The molecular weight excluding hydrogens is 172 g/mol. The molecular formula is C12H24N2. The van der Waals surface area contributed by atoms with Gasteiger partial charge in [0.25, 0.3) is 0 Å². The Morgan fingerprint density at radius 2 is 2.14 bits per heavy atom. The molecule has 82 valence electrons. The summed E-state index contributed by atoms with van der Waals surface area (Å²) in [5.41, 5.74) is 6.24. The molecule has 0 amide bonds. The number of rotatable bonds is 4. The lowest BCUT2D eigenvalue weighted by Crippen LogP contribution is -2.54. The average Bonchev–Trinajstić information content (AvgIpc) is 2.98.